The topological polar surface area (TPSA) is 55.4 Å². The number of halogens is 1. The molecule has 1 N–H and O–H groups in total. The fourth-order valence-electron chi connectivity index (χ4n) is 2.23. The second kappa shape index (κ2) is 7.90. The minimum absolute atomic E-state index is 0.147. The van der Waals surface area contributed by atoms with Crippen molar-refractivity contribution >= 4 is 23.3 Å². The van der Waals surface area contributed by atoms with E-state index in [1.54, 1.807) is 55.6 Å². The van der Waals surface area contributed by atoms with Crippen LogP contribution in [0.3, 0.4) is 0 Å². The lowest BCUT2D eigenvalue weighted by atomic mass is 9.98. The molecule has 0 heterocycles. The summed E-state index contributed by atoms with van der Waals surface area (Å²) in [5.74, 6) is -0.515. The third-order valence-electron chi connectivity index (χ3n) is 3.32. The fraction of sp³-hybridized carbons (Fsp3) is 0.222. The first kappa shape index (κ1) is 17.2. The monoisotopic (exact) mass is 331 g/mol. The van der Waals surface area contributed by atoms with Crippen molar-refractivity contribution in [1.29, 1.82) is 0 Å². The van der Waals surface area contributed by atoms with Gasteiger partial charge in [-0.15, -0.1) is 0 Å². The van der Waals surface area contributed by atoms with Gasteiger partial charge >= 0.3 is 0 Å². The molecule has 23 heavy (non-hydrogen) atoms. The molecule has 1 atom stereocenters. The molecule has 0 bridgehead atoms. The lowest BCUT2D eigenvalue weighted by Crippen LogP contribution is -2.36. The van der Waals surface area contributed by atoms with Crippen LogP contribution in [0.4, 0.5) is 0 Å². The van der Waals surface area contributed by atoms with E-state index in [9.17, 15) is 9.59 Å². The summed E-state index contributed by atoms with van der Waals surface area (Å²) >= 11 is 5.84. The molecule has 2 aromatic carbocycles. The number of nitrogens with one attached hydrogen (secondary N) is 1. The SMILES string of the molecule is COC[C@@H](C)NC(=O)c1ccccc1C(=O)c1ccc(Cl)cc1. The minimum atomic E-state index is -0.299. The summed E-state index contributed by atoms with van der Waals surface area (Å²) in [5.41, 5.74) is 1.19. The highest BCUT2D eigenvalue weighted by Gasteiger charge is 2.19. The van der Waals surface area contributed by atoms with E-state index in [-0.39, 0.29) is 17.7 Å². The van der Waals surface area contributed by atoms with Crippen molar-refractivity contribution < 1.29 is 14.3 Å². The third-order valence-corrected chi connectivity index (χ3v) is 3.57. The standard InChI is InChI=1S/C18H18ClNO3/c1-12(11-23-2)20-18(22)16-6-4-3-5-15(16)17(21)13-7-9-14(19)10-8-13/h3-10,12H,11H2,1-2H3,(H,20,22)/t12-/m1/s1. The van der Waals surface area contributed by atoms with E-state index >= 15 is 0 Å². The Bertz CT molecular complexity index is 698. The molecule has 0 radical (unpaired) electrons. The predicted octanol–water partition coefficient (Wildman–Crippen LogP) is 3.34. The Hall–Kier alpha value is -2.17. The highest BCUT2D eigenvalue weighted by molar-refractivity contribution is 6.30. The molecular weight excluding hydrogens is 314 g/mol. The predicted molar refractivity (Wildman–Crippen MR) is 90.1 cm³/mol. The molecule has 2 aromatic rings. The van der Waals surface area contributed by atoms with Crippen molar-refractivity contribution in [3.63, 3.8) is 0 Å². The van der Waals surface area contributed by atoms with E-state index in [2.05, 4.69) is 5.32 Å². The first-order valence-corrected chi connectivity index (χ1v) is 7.60. The van der Waals surface area contributed by atoms with Gasteiger partial charge in [0, 0.05) is 29.3 Å². The number of benzene rings is 2. The second-order valence-corrected chi connectivity index (χ2v) is 5.65. The van der Waals surface area contributed by atoms with Gasteiger partial charge in [-0.3, -0.25) is 9.59 Å². The van der Waals surface area contributed by atoms with Gasteiger partial charge in [-0.25, -0.2) is 0 Å². The summed E-state index contributed by atoms with van der Waals surface area (Å²) in [6.07, 6.45) is 0. The molecule has 0 unspecified atom stereocenters. The molecule has 5 heteroatoms. The van der Waals surface area contributed by atoms with E-state index in [1.165, 1.54) is 0 Å². The summed E-state index contributed by atoms with van der Waals surface area (Å²) in [5, 5.41) is 3.37. The number of amides is 1. The van der Waals surface area contributed by atoms with Crippen LogP contribution in [0.2, 0.25) is 5.02 Å². The maximum absolute atomic E-state index is 12.6. The van der Waals surface area contributed by atoms with Crippen LogP contribution in [0.15, 0.2) is 48.5 Å². The van der Waals surface area contributed by atoms with E-state index < -0.39 is 0 Å². The van der Waals surface area contributed by atoms with Gasteiger partial charge in [0.25, 0.3) is 5.91 Å². The number of ketones is 1. The Morgan fingerprint density at radius 1 is 1.09 bits per heavy atom. The summed E-state index contributed by atoms with van der Waals surface area (Å²) in [6, 6.07) is 13.2. The smallest absolute Gasteiger partial charge is 0.252 e. The number of hydrogen-bond acceptors (Lipinski definition) is 3. The Morgan fingerprint density at radius 2 is 1.70 bits per heavy atom. The van der Waals surface area contributed by atoms with Crippen molar-refractivity contribution in [2.45, 2.75) is 13.0 Å². The molecule has 0 spiro atoms. The quantitative estimate of drug-likeness (QED) is 0.826. The van der Waals surface area contributed by atoms with E-state index in [1.807, 2.05) is 6.92 Å². The number of hydrogen-bond donors (Lipinski definition) is 1. The molecule has 0 saturated carbocycles. The van der Waals surface area contributed by atoms with Crippen LogP contribution < -0.4 is 5.32 Å². The Morgan fingerprint density at radius 3 is 2.30 bits per heavy atom. The number of rotatable bonds is 6. The number of ether oxygens (including phenoxy) is 1. The zero-order valence-corrected chi connectivity index (χ0v) is 13.8. The first-order chi connectivity index (χ1) is 11.0. The first-order valence-electron chi connectivity index (χ1n) is 7.22. The molecule has 0 fully saturated rings. The zero-order valence-electron chi connectivity index (χ0n) is 13.0. The van der Waals surface area contributed by atoms with Crippen molar-refractivity contribution in [2.24, 2.45) is 0 Å². The average Bonchev–Trinajstić information content (AvgIpc) is 2.55. The van der Waals surface area contributed by atoms with E-state index in [0.29, 0.717) is 28.3 Å². The van der Waals surface area contributed by atoms with Gasteiger partial charge in [0.2, 0.25) is 0 Å². The highest BCUT2D eigenvalue weighted by Crippen LogP contribution is 2.17. The summed E-state index contributed by atoms with van der Waals surface area (Å²) in [4.78, 5) is 25.0. The van der Waals surface area contributed by atoms with Crippen LogP contribution >= 0.6 is 11.6 Å². The Kier molecular flexibility index (Phi) is 5.90. The van der Waals surface area contributed by atoms with Gasteiger partial charge in [0.1, 0.15) is 0 Å². The van der Waals surface area contributed by atoms with Gasteiger partial charge in [0.15, 0.2) is 5.78 Å². The summed E-state index contributed by atoms with van der Waals surface area (Å²) < 4.78 is 5.00. The molecule has 120 valence electrons. The van der Waals surface area contributed by atoms with Crippen LogP contribution in [-0.2, 0) is 4.74 Å². The maximum atomic E-state index is 12.6. The molecule has 0 aliphatic carbocycles. The average molecular weight is 332 g/mol. The third kappa shape index (κ3) is 4.41. The Labute approximate surface area is 140 Å². The van der Waals surface area contributed by atoms with Crippen LogP contribution in [0, 0.1) is 0 Å². The molecule has 0 aromatic heterocycles. The molecule has 0 saturated heterocycles. The number of carbonyl (C=O) groups excluding carboxylic acids is 2. The van der Waals surface area contributed by atoms with E-state index in [0.717, 1.165) is 0 Å². The molecule has 4 nitrogen and oxygen atoms in total. The molecule has 0 aliphatic rings. The Balaban J connectivity index is 2.28. The normalized spacial score (nSPS) is 11.8. The molecule has 0 aliphatic heterocycles. The maximum Gasteiger partial charge on any atom is 0.252 e. The van der Waals surface area contributed by atoms with Crippen LogP contribution in [0.1, 0.15) is 33.2 Å². The van der Waals surface area contributed by atoms with Crippen LogP contribution in [0.25, 0.3) is 0 Å². The lowest BCUT2D eigenvalue weighted by molar-refractivity contribution is 0.0898. The summed E-state index contributed by atoms with van der Waals surface area (Å²) in [6.45, 7) is 2.24. The van der Waals surface area contributed by atoms with Gasteiger partial charge in [-0.1, -0.05) is 29.8 Å². The van der Waals surface area contributed by atoms with E-state index in [4.69, 9.17) is 16.3 Å². The van der Waals surface area contributed by atoms with Gasteiger partial charge < -0.3 is 10.1 Å². The van der Waals surface area contributed by atoms with Gasteiger partial charge in [-0.2, -0.15) is 0 Å². The molecule has 2 rings (SSSR count). The fourth-order valence-corrected chi connectivity index (χ4v) is 2.36. The highest BCUT2D eigenvalue weighted by atomic mass is 35.5. The van der Waals surface area contributed by atoms with Crippen molar-refractivity contribution in [1.82, 2.24) is 5.32 Å². The van der Waals surface area contributed by atoms with Gasteiger partial charge in [-0.05, 0) is 37.3 Å². The number of methoxy groups -OCH3 is 1. The van der Waals surface area contributed by atoms with Crippen molar-refractivity contribution in [3.8, 4) is 0 Å². The second-order valence-electron chi connectivity index (χ2n) is 5.21. The largest absolute Gasteiger partial charge is 0.383 e. The van der Waals surface area contributed by atoms with Crippen molar-refractivity contribution in [3.05, 3.63) is 70.2 Å². The van der Waals surface area contributed by atoms with Crippen molar-refractivity contribution in [2.75, 3.05) is 13.7 Å². The van der Waals surface area contributed by atoms with Gasteiger partial charge in [0.05, 0.1) is 12.2 Å². The molecule has 1 amide bonds. The van der Waals surface area contributed by atoms with Crippen LogP contribution in [-0.4, -0.2) is 31.4 Å². The summed E-state index contributed by atoms with van der Waals surface area (Å²) in [7, 11) is 1.57. The number of carbonyl (C=O) groups is 2. The molecular formula is C18H18ClNO3. The zero-order chi connectivity index (χ0) is 16.8. The van der Waals surface area contributed by atoms with Crippen LogP contribution in [0.5, 0.6) is 0 Å². The lowest BCUT2D eigenvalue weighted by Gasteiger charge is -2.14. The minimum Gasteiger partial charge on any atom is -0.383 e.